The molecule has 0 aliphatic rings. The molecule has 7 heteroatoms. The van der Waals surface area contributed by atoms with Crippen molar-refractivity contribution in [2.75, 3.05) is 6.26 Å². The molecular weight excluding hydrogens is 370 g/mol. The summed E-state index contributed by atoms with van der Waals surface area (Å²) in [6.07, 6.45) is 8.44. The van der Waals surface area contributed by atoms with E-state index in [1.54, 1.807) is 12.5 Å². The molecule has 0 saturated heterocycles. The molecular formula is C21H25N5OS. The molecule has 2 aromatic heterocycles. The minimum absolute atomic E-state index is 0.0268. The lowest BCUT2D eigenvalue weighted by Gasteiger charge is -2.16. The van der Waals surface area contributed by atoms with Crippen LogP contribution in [0.1, 0.15) is 41.9 Å². The van der Waals surface area contributed by atoms with Gasteiger partial charge in [-0.25, -0.2) is 15.0 Å². The summed E-state index contributed by atoms with van der Waals surface area (Å²) in [5.41, 5.74) is 5.07. The first kappa shape index (κ1) is 20.1. The number of hydrogen-bond acceptors (Lipinski definition) is 5. The number of nitrogens with zero attached hydrogens (tertiary/aromatic N) is 4. The number of hydrogen-bond donors (Lipinski definition) is 1. The molecule has 3 aromatic rings. The van der Waals surface area contributed by atoms with Crippen molar-refractivity contribution in [1.82, 2.24) is 24.8 Å². The molecule has 0 bridgehead atoms. The second kappa shape index (κ2) is 9.01. The fourth-order valence-electron chi connectivity index (χ4n) is 3.14. The van der Waals surface area contributed by atoms with Crippen molar-refractivity contribution >= 4 is 17.7 Å². The fourth-order valence-corrected chi connectivity index (χ4v) is 3.60. The Morgan fingerprint density at radius 2 is 1.86 bits per heavy atom. The van der Waals surface area contributed by atoms with Gasteiger partial charge in [-0.3, -0.25) is 4.79 Å². The van der Waals surface area contributed by atoms with E-state index in [0.717, 1.165) is 33.4 Å². The molecule has 0 radical (unpaired) electrons. The Morgan fingerprint density at radius 3 is 2.43 bits per heavy atom. The topological polar surface area (TPSA) is 72.7 Å². The Hall–Kier alpha value is -2.67. The van der Waals surface area contributed by atoms with Crippen molar-refractivity contribution in [1.29, 1.82) is 0 Å². The maximum Gasteiger partial charge on any atom is 0.220 e. The van der Waals surface area contributed by atoms with Gasteiger partial charge in [0.05, 0.1) is 12.4 Å². The van der Waals surface area contributed by atoms with E-state index in [1.165, 1.54) is 11.8 Å². The molecule has 2 heterocycles. The molecule has 1 aromatic carbocycles. The van der Waals surface area contributed by atoms with Crippen LogP contribution in [0.15, 0.2) is 48.1 Å². The highest BCUT2D eigenvalue weighted by Crippen LogP contribution is 2.18. The largest absolute Gasteiger partial charge is 0.350 e. The van der Waals surface area contributed by atoms with Gasteiger partial charge in [0.25, 0.3) is 0 Å². The lowest BCUT2D eigenvalue weighted by atomic mass is 10.1. The molecule has 0 fully saturated rings. The predicted molar refractivity (Wildman–Crippen MR) is 112 cm³/mol. The van der Waals surface area contributed by atoms with Gasteiger partial charge in [-0.05, 0) is 56.7 Å². The summed E-state index contributed by atoms with van der Waals surface area (Å²) in [4.78, 5) is 25.5. The zero-order valence-corrected chi connectivity index (χ0v) is 17.5. The van der Waals surface area contributed by atoms with Gasteiger partial charge in [-0.1, -0.05) is 23.9 Å². The second-order valence-electron chi connectivity index (χ2n) is 6.71. The summed E-state index contributed by atoms with van der Waals surface area (Å²) in [6, 6.07) is 8.06. The van der Waals surface area contributed by atoms with Gasteiger partial charge >= 0.3 is 0 Å². The lowest BCUT2D eigenvalue weighted by Crippen LogP contribution is -2.27. The van der Waals surface area contributed by atoms with Crippen molar-refractivity contribution in [2.24, 2.45) is 0 Å². The first-order valence-corrected chi connectivity index (χ1v) is 10.5. The third-order valence-corrected chi connectivity index (χ3v) is 5.31. The van der Waals surface area contributed by atoms with Gasteiger partial charge < -0.3 is 9.88 Å². The number of aromatic nitrogens is 4. The number of thioether (sulfide) groups is 1. The van der Waals surface area contributed by atoms with Crippen molar-refractivity contribution < 1.29 is 4.79 Å². The number of aryl methyl sites for hydroxylation is 2. The van der Waals surface area contributed by atoms with E-state index in [-0.39, 0.29) is 11.9 Å². The summed E-state index contributed by atoms with van der Waals surface area (Å²) < 4.78 is 1.95. The zero-order valence-electron chi connectivity index (χ0n) is 16.6. The third kappa shape index (κ3) is 4.78. The summed E-state index contributed by atoms with van der Waals surface area (Å²) in [7, 11) is 0. The Kier molecular flexibility index (Phi) is 6.46. The van der Waals surface area contributed by atoms with Crippen LogP contribution in [0, 0.1) is 13.8 Å². The number of imidazole rings is 1. The Morgan fingerprint density at radius 1 is 1.18 bits per heavy atom. The number of rotatable bonds is 7. The van der Waals surface area contributed by atoms with Crippen molar-refractivity contribution in [3.05, 3.63) is 65.5 Å². The smallest absolute Gasteiger partial charge is 0.220 e. The summed E-state index contributed by atoms with van der Waals surface area (Å²) >= 11 is 1.53. The first-order valence-electron chi connectivity index (χ1n) is 9.23. The third-order valence-electron chi connectivity index (χ3n) is 4.76. The molecule has 1 amide bonds. The van der Waals surface area contributed by atoms with Crippen molar-refractivity contribution in [3.63, 3.8) is 0 Å². The van der Waals surface area contributed by atoms with Gasteiger partial charge in [0.15, 0.2) is 5.16 Å². The van der Waals surface area contributed by atoms with E-state index in [2.05, 4.69) is 20.3 Å². The van der Waals surface area contributed by atoms with Gasteiger partial charge in [0.1, 0.15) is 0 Å². The van der Waals surface area contributed by atoms with Crippen LogP contribution < -0.4 is 5.32 Å². The molecule has 1 N–H and O–H groups in total. The molecule has 6 nitrogen and oxygen atoms in total. The molecule has 0 spiro atoms. The van der Waals surface area contributed by atoms with Crippen LogP contribution >= 0.6 is 11.8 Å². The monoisotopic (exact) mass is 395 g/mol. The average Bonchev–Trinajstić information content (AvgIpc) is 3.22. The van der Waals surface area contributed by atoms with Gasteiger partial charge in [-0.15, -0.1) is 0 Å². The molecule has 146 valence electrons. The zero-order chi connectivity index (χ0) is 20.1. The first-order chi connectivity index (χ1) is 13.5. The van der Waals surface area contributed by atoms with Gasteiger partial charge in [-0.2, -0.15) is 0 Å². The van der Waals surface area contributed by atoms with E-state index in [0.29, 0.717) is 12.8 Å². The SMILES string of the molecule is CSc1nc(C)c(CCC(=O)NC(C)c2ccc(-n3ccnc3)cc2)c(C)n1. The van der Waals surface area contributed by atoms with Crippen LogP contribution in [0.25, 0.3) is 5.69 Å². The normalized spacial score (nSPS) is 12.0. The quantitative estimate of drug-likeness (QED) is 0.486. The Labute approximate surface area is 169 Å². The maximum absolute atomic E-state index is 12.4. The maximum atomic E-state index is 12.4. The summed E-state index contributed by atoms with van der Waals surface area (Å²) in [6.45, 7) is 5.95. The summed E-state index contributed by atoms with van der Waals surface area (Å²) in [5, 5.41) is 3.85. The standard InChI is InChI=1S/C21H25N5OS/c1-14(17-5-7-18(8-6-17)26-12-11-22-13-26)23-20(27)10-9-19-15(2)24-21(28-4)25-16(19)3/h5-8,11-14H,9-10H2,1-4H3,(H,23,27). The average molecular weight is 396 g/mol. The van der Waals surface area contributed by atoms with E-state index in [4.69, 9.17) is 0 Å². The van der Waals surface area contributed by atoms with Crippen LogP contribution in [-0.2, 0) is 11.2 Å². The number of carbonyl (C=O) groups excluding carboxylic acids is 1. The van der Waals surface area contributed by atoms with E-state index in [1.807, 2.05) is 62.1 Å². The number of amides is 1. The number of benzene rings is 1. The Bertz CT molecular complexity index is 915. The Balaban J connectivity index is 1.57. The van der Waals surface area contributed by atoms with Crippen LogP contribution in [0.5, 0.6) is 0 Å². The van der Waals surface area contributed by atoms with Crippen LogP contribution in [0.4, 0.5) is 0 Å². The summed E-state index contributed by atoms with van der Waals surface area (Å²) in [5.74, 6) is 0.0268. The van der Waals surface area contributed by atoms with E-state index >= 15 is 0 Å². The van der Waals surface area contributed by atoms with Gasteiger partial charge in [0.2, 0.25) is 5.91 Å². The molecule has 1 atom stereocenters. The second-order valence-corrected chi connectivity index (χ2v) is 7.48. The highest BCUT2D eigenvalue weighted by atomic mass is 32.2. The van der Waals surface area contributed by atoms with E-state index in [9.17, 15) is 4.79 Å². The number of nitrogens with one attached hydrogen (secondary N) is 1. The fraction of sp³-hybridized carbons (Fsp3) is 0.333. The van der Waals surface area contributed by atoms with Crippen LogP contribution in [-0.4, -0.2) is 31.7 Å². The molecule has 0 aliphatic carbocycles. The predicted octanol–water partition coefficient (Wildman–Crippen LogP) is 3.81. The lowest BCUT2D eigenvalue weighted by molar-refractivity contribution is -0.121. The highest BCUT2D eigenvalue weighted by molar-refractivity contribution is 7.98. The van der Waals surface area contributed by atoms with Crippen molar-refractivity contribution in [3.8, 4) is 5.69 Å². The highest BCUT2D eigenvalue weighted by Gasteiger charge is 2.13. The molecule has 28 heavy (non-hydrogen) atoms. The van der Waals surface area contributed by atoms with Crippen LogP contribution in [0.3, 0.4) is 0 Å². The molecule has 1 unspecified atom stereocenters. The molecule has 0 aliphatic heterocycles. The minimum atomic E-state index is -0.0540. The van der Waals surface area contributed by atoms with Crippen LogP contribution in [0.2, 0.25) is 0 Å². The molecule has 0 saturated carbocycles. The molecule has 3 rings (SSSR count). The van der Waals surface area contributed by atoms with Gasteiger partial charge in [0, 0.05) is 35.9 Å². The minimum Gasteiger partial charge on any atom is -0.350 e. The van der Waals surface area contributed by atoms with Crippen molar-refractivity contribution in [2.45, 2.75) is 44.8 Å². The van der Waals surface area contributed by atoms with E-state index < -0.39 is 0 Å². The number of carbonyl (C=O) groups is 1.